The highest BCUT2D eigenvalue weighted by Crippen LogP contribution is 2.22. The lowest BCUT2D eigenvalue weighted by molar-refractivity contribution is -0.121. The minimum atomic E-state index is 0. The first kappa shape index (κ1) is 18.0. The molecule has 0 bridgehead atoms. The summed E-state index contributed by atoms with van der Waals surface area (Å²) < 4.78 is 0. The smallest absolute Gasteiger partial charge is 0.220 e. The predicted octanol–water partition coefficient (Wildman–Crippen LogP) is 3.03. The molecule has 4 heteroatoms. The van der Waals surface area contributed by atoms with Crippen LogP contribution in [0.4, 0.5) is 0 Å². The van der Waals surface area contributed by atoms with Crippen LogP contribution in [0.1, 0.15) is 43.2 Å². The Morgan fingerprint density at radius 2 is 2.19 bits per heavy atom. The molecule has 0 radical (unpaired) electrons. The Balaban J connectivity index is 0.00000220. The van der Waals surface area contributed by atoms with Crippen molar-refractivity contribution in [2.45, 2.75) is 39.0 Å². The number of amides is 1. The normalized spacial score (nSPS) is 18.9. The van der Waals surface area contributed by atoms with E-state index in [0.29, 0.717) is 6.42 Å². The SMILES string of the molecule is Cc1ccccc1C(C)CC(=O)NCCC1CCNC1.Cl. The summed E-state index contributed by atoms with van der Waals surface area (Å²) in [6.07, 6.45) is 2.92. The maximum atomic E-state index is 12.0. The average Bonchev–Trinajstić information content (AvgIpc) is 2.92. The van der Waals surface area contributed by atoms with Crippen LogP contribution in [0.25, 0.3) is 0 Å². The van der Waals surface area contributed by atoms with Crippen LogP contribution in [-0.2, 0) is 4.79 Å². The molecule has 0 spiro atoms. The number of rotatable bonds is 6. The predicted molar refractivity (Wildman–Crippen MR) is 90.1 cm³/mol. The molecule has 1 aliphatic heterocycles. The fraction of sp³-hybridized carbons (Fsp3) is 0.588. The summed E-state index contributed by atoms with van der Waals surface area (Å²) in [5.41, 5.74) is 2.55. The van der Waals surface area contributed by atoms with E-state index in [2.05, 4.69) is 36.6 Å². The Morgan fingerprint density at radius 3 is 2.86 bits per heavy atom. The van der Waals surface area contributed by atoms with Crippen molar-refractivity contribution in [1.29, 1.82) is 0 Å². The third-order valence-electron chi connectivity index (χ3n) is 4.25. The molecule has 1 amide bonds. The van der Waals surface area contributed by atoms with Gasteiger partial charge in [0.1, 0.15) is 0 Å². The van der Waals surface area contributed by atoms with Crippen molar-refractivity contribution >= 4 is 18.3 Å². The number of halogens is 1. The molecule has 0 aliphatic carbocycles. The molecule has 21 heavy (non-hydrogen) atoms. The van der Waals surface area contributed by atoms with Gasteiger partial charge in [-0.1, -0.05) is 31.2 Å². The summed E-state index contributed by atoms with van der Waals surface area (Å²) in [7, 11) is 0. The molecule has 0 aromatic heterocycles. The number of carbonyl (C=O) groups excluding carboxylic acids is 1. The summed E-state index contributed by atoms with van der Waals surface area (Å²) in [5, 5.41) is 6.42. The summed E-state index contributed by atoms with van der Waals surface area (Å²) in [6.45, 7) is 7.28. The third kappa shape index (κ3) is 5.68. The zero-order chi connectivity index (χ0) is 14.4. The molecule has 1 aliphatic rings. The van der Waals surface area contributed by atoms with Gasteiger partial charge in [-0.25, -0.2) is 0 Å². The van der Waals surface area contributed by atoms with Crippen molar-refractivity contribution in [2.24, 2.45) is 5.92 Å². The van der Waals surface area contributed by atoms with Crippen molar-refractivity contribution in [2.75, 3.05) is 19.6 Å². The lowest BCUT2D eigenvalue weighted by Crippen LogP contribution is -2.27. The number of hydrogen-bond acceptors (Lipinski definition) is 2. The first-order chi connectivity index (χ1) is 9.66. The van der Waals surface area contributed by atoms with Crippen LogP contribution >= 0.6 is 12.4 Å². The Morgan fingerprint density at radius 1 is 1.43 bits per heavy atom. The van der Waals surface area contributed by atoms with Crippen molar-refractivity contribution in [3.63, 3.8) is 0 Å². The number of hydrogen-bond donors (Lipinski definition) is 2. The molecule has 118 valence electrons. The summed E-state index contributed by atoms with van der Waals surface area (Å²) >= 11 is 0. The highest BCUT2D eigenvalue weighted by molar-refractivity contribution is 5.85. The van der Waals surface area contributed by atoms with Gasteiger partial charge >= 0.3 is 0 Å². The first-order valence-corrected chi connectivity index (χ1v) is 7.69. The van der Waals surface area contributed by atoms with Gasteiger partial charge in [-0.2, -0.15) is 0 Å². The van der Waals surface area contributed by atoms with Gasteiger partial charge in [0.15, 0.2) is 0 Å². The first-order valence-electron chi connectivity index (χ1n) is 7.69. The molecular weight excluding hydrogens is 284 g/mol. The molecular formula is C17H27ClN2O. The number of nitrogens with one attached hydrogen (secondary N) is 2. The maximum absolute atomic E-state index is 12.0. The second kappa shape index (κ2) is 9.06. The highest BCUT2D eigenvalue weighted by Gasteiger charge is 2.15. The molecule has 1 saturated heterocycles. The lowest BCUT2D eigenvalue weighted by Gasteiger charge is -2.15. The van der Waals surface area contributed by atoms with Gasteiger partial charge in [0.2, 0.25) is 5.91 Å². The van der Waals surface area contributed by atoms with E-state index >= 15 is 0 Å². The Bertz CT molecular complexity index is 444. The van der Waals surface area contributed by atoms with Gasteiger partial charge < -0.3 is 10.6 Å². The topological polar surface area (TPSA) is 41.1 Å². The van der Waals surface area contributed by atoms with Crippen LogP contribution in [0.2, 0.25) is 0 Å². The second-order valence-electron chi connectivity index (χ2n) is 5.96. The van der Waals surface area contributed by atoms with E-state index in [0.717, 1.165) is 32.0 Å². The molecule has 0 saturated carbocycles. The largest absolute Gasteiger partial charge is 0.356 e. The van der Waals surface area contributed by atoms with E-state index in [9.17, 15) is 4.79 Å². The third-order valence-corrected chi connectivity index (χ3v) is 4.25. The number of benzene rings is 1. The molecule has 1 fully saturated rings. The second-order valence-corrected chi connectivity index (χ2v) is 5.96. The van der Waals surface area contributed by atoms with Gasteiger partial charge in [0, 0.05) is 13.0 Å². The van der Waals surface area contributed by atoms with Crippen LogP contribution in [0.3, 0.4) is 0 Å². The van der Waals surface area contributed by atoms with Crippen molar-refractivity contribution in [3.8, 4) is 0 Å². The van der Waals surface area contributed by atoms with Gasteiger partial charge in [0.25, 0.3) is 0 Å². The lowest BCUT2D eigenvalue weighted by atomic mass is 9.93. The average molecular weight is 311 g/mol. The molecule has 2 unspecified atom stereocenters. The van der Waals surface area contributed by atoms with Crippen LogP contribution in [0.5, 0.6) is 0 Å². The zero-order valence-electron chi connectivity index (χ0n) is 13.0. The van der Waals surface area contributed by atoms with Crippen LogP contribution in [0, 0.1) is 12.8 Å². The Hall–Kier alpha value is -1.06. The Labute approximate surface area is 134 Å². The van der Waals surface area contributed by atoms with E-state index in [1.807, 2.05) is 12.1 Å². The van der Waals surface area contributed by atoms with Crippen molar-refractivity contribution in [1.82, 2.24) is 10.6 Å². The van der Waals surface area contributed by atoms with Gasteiger partial charge in [0.05, 0.1) is 0 Å². The van der Waals surface area contributed by atoms with E-state index in [1.165, 1.54) is 17.5 Å². The molecule has 2 atom stereocenters. The van der Waals surface area contributed by atoms with E-state index in [1.54, 1.807) is 0 Å². The molecule has 3 nitrogen and oxygen atoms in total. The molecule has 2 rings (SSSR count). The van der Waals surface area contributed by atoms with Gasteiger partial charge in [-0.05, 0) is 55.8 Å². The van der Waals surface area contributed by atoms with Gasteiger partial charge in [-0.15, -0.1) is 12.4 Å². The van der Waals surface area contributed by atoms with E-state index in [-0.39, 0.29) is 24.2 Å². The number of aryl methyl sites for hydroxylation is 1. The summed E-state index contributed by atoms with van der Waals surface area (Å²) in [5.74, 6) is 1.19. The highest BCUT2D eigenvalue weighted by atomic mass is 35.5. The fourth-order valence-electron chi connectivity index (χ4n) is 2.98. The quantitative estimate of drug-likeness (QED) is 0.848. The van der Waals surface area contributed by atoms with Crippen LogP contribution in [0.15, 0.2) is 24.3 Å². The van der Waals surface area contributed by atoms with Crippen molar-refractivity contribution in [3.05, 3.63) is 35.4 Å². The van der Waals surface area contributed by atoms with Gasteiger partial charge in [-0.3, -0.25) is 4.79 Å². The summed E-state index contributed by atoms with van der Waals surface area (Å²) in [4.78, 5) is 12.0. The van der Waals surface area contributed by atoms with E-state index < -0.39 is 0 Å². The van der Waals surface area contributed by atoms with Crippen LogP contribution < -0.4 is 10.6 Å². The van der Waals surface area contributed by atoms with Crippen molar-refractivity contribution < 1.29 is 4.79 Å². The molecule has 1 aromatic carbocycles. The Kier molecular flexibility index (Phi) is 7.76. The number of carbonyl (C=O) groups is 1. The van der Waals surface area contributed by atoms with Crippen LogP contribution in [-0.4, -0.2) is 25.5 Å². The molecule has 2 N–H and O–H groups in total. The standard InChI is InChI=1S/C17H26N2O.ClH/c1-13-5-3-4-6-16(13)14(2)11-17(20)19-10-8-15-7-9-18-12-15;/h3-6,14-15,18H,7-12H2,1-2H3,(H,19,20);1H. The molecule has 1 aromatic rings. The molecule has 1 heterocycles. The maximum Gasteiger partial charge on any atom is 0.220 e. The fourth-order valence-corrected chi connectivity index (χ4v) is 2.98. The summed E-state index contributed by atoms with van der Waals surface area (Å²) in [6, 6.07) is 8.32. The van der Waals surface area contributed by atoms with E-state index in [4.69, 9.17) is 0 Å². The zero-order valence-corrected chi connectivity index (χ0v) is 13.8. The minimum Gasteiger partial charge on any atom is -0.356 e. The monoisotopic (exact) mass is 310 g/mol. The minimum absolute atomic E-state index is 0.